The molecule has 0 bridgehead atoms. The van der Waals surface area contributed by atoms with Crippen molar-refractivity contribution in [3.63, 3.8) is 0 Å². The van der Waals surface area contributed by atoms with Crippen LogP contribution in [0.4, 0.5) is 5.69 Å². The molecule has 0 radical (unpaired) electrons. The Morgan fingerprint density at radius 1 is 1.04 bits per heavy atom. The second-order valence-corrected chi connectivity index (χ2v) is 5.60. The molecule has 0 heterocycles. The van der Waals surface area contributed by atoms with Crippen LogP contribution < -0.4 is 14.8 Å². The summed E-state index contributed by atoms with van der Waals surface area (Å²) in [7, 11) is 2.86. The van der Waals surface area contributed by atoms with Crippen LogP contribution in [-0.2, 0) is 16.0 Å². The molecular weight excluding hydrogens is 334 g/mol. The molecule has 0 aliphatic rings. The van der Waals surface area contributed by atoms with E-state index < -0.39 is 5.97 Å². The Labute approximate surface area is 153 Å². The fourth-order valence-corrected chi connectivity index (χ4v) is 2.41. The predicted molar refractivity (Wildman–Crippen MR) is 98.9 cm³/mol. The van der Waals surface area contributed by atoms with E-state index in [0.717, 1.165) is 12.0 Å². The van der Waals surface area contributed by atoms with Gasteiger partial charge < -0.3 is 19.5 Å². The van der Waals surface area contributed by atoms with Gasteiger partial charge in [-0.25, -0.2) is 4.79 Å². The number of para-hydroxylation sites is 1. The van der Waals surface area contributed by atoms with Gasteiger partial charge in [-0.1, -0.05) is 25.1 Å². The normalized spacial score (nSPS) is 10.1. The van der Waals surface area contributed by atoms with Gasteiger partial charge in [0, 0.05) is 0 Å². The van der Waals surface area contributed by atoms with Gasteiger partial charge in [-0.15, -0.1) is 0 Å². The molecular formula is C20H23NO5. The molecule has 0 aromatic heterocycles. The zero-order valence-corrected chi connectivity index (χ0v) is 15.2. The first kappa shape index (κ1) is 19.3. The van der Waals surface area contributed by atoms with E-state index >= 15 is 0 Å². The van der Waals surface area contributed by atoms with Gasteiger partial charge in [0.05, 0.1) is 38.5 Å². The molecule has 0 saturated heterocycles. The van der Waals surface area contributed by atoms with Gasteiger partial charge in [0.2, 0.25) is 5.91 Å². The highest BCUT2D eigenvalue weighted by Crippen LogP contribution is 2.28. The third kappa shape index (κ3) is 4.99. The van der Waals surface area contributed by atoms with E-state index in [0.29, 0.717) is 29.4 Å². The number of benzene rings is 2. The third-order valence-corrected chi connectivity index (χ3v) is 3.66. The van der Waals surface area contributed by atoms with Gasteiger partial charge in [-0.3, -0.25) is 4.79 Å². The molecule has 0 aliphatic heterocycles. The molecule has 2 rings (SSSR count). The van der Waals surface area contributed by atoms with Crippen LogP contribution in [0.25, 0.3) is 0 Å². The molecule has 138 valence electrons. The van der Waals surface area contributed by atoms with E-state index in [2.05, 4.69) is 5.32 Å². The lowest BCUT2D eigenvalue weighted by Crippen LogP contribution is -2.17. The number of ether oxygens (including phenoxy) is 3. The number of esters is 1. The number of nitrogens with one attached hydrogen (secondary N) is 1. The molecule has 26 heavy (non-hydrogen) atoms. The van der Waals surface area contributed by atoms with Crippen molar-refractivity contribution >= 4 is 17.6 Å². The fraction of sp³-hybridized carbons (Fsp3) is 0.300. The lowest BCUT2D eigenvalue weighted by molar-refractivity contribution is -0.115. The van der Waals surface area contributed by atoms with E-state index in [9.17, 15) is 9.59 Å². The minimum absolute atomic E-state index is 0.139. The van der Waals surface area contributed by atoms with Crippen molar-refractivity contribution in [1.29, 1.82) is 0 Å². The average molecular weight is 357 g/mol. The zero-order valence-electron chi connectivity index (χ0n) is 15.2. The highest BCUT2D eigenvalue weighted by Gasteiger charge is 2.14. The molecule has 1 amide bonds. The van der Waals surface area contributed by atoms with Crippen molar-refractivity contribution in [3.05, 3.63) is 53.6 Å². The number of anilines is 1. The number of carbonyl (C=O) groups is 2. The van der Waals surface area contributed by atoms with Crippen LogP contribution in [0.2, 0.25) is 0 Å². The van der Waals surface area contributed by atoms with Crippen LogP contribution in [0.15, 0.2) is 42.5 Å². The maximum atomic E-state index is 12.4. The Hall–Kier alpha value is -3.02. The summed E-state index contributed by atoms with van der Waals surface area (Å²) in [5.74, 6) is 0.485. The smallest absolute Gasteiger partial charge is 0.339 e. The van der Waals surface area contributed by atoms with Gasteiger partial charge in [0.1, 0.15) is 0 Å². The number of hydrogen-bond acceptors (Lipinski definition) is 5. The number of hydrogen-bond donors (Lipinski definition) is 1. The molecule has 0 saturated carbocycles. The van der Waals surface area contributed by atoms with Gasteiger partial charge in [0.15, 0.2) is 11.5 Å². The number of rotatable bonds is 8. The second-order valence-electron chi connectivity index (χ2n) is 5.60. The van der Waals surface area contributed by atoms with E-state index in [1.807, 2.05) is 13.0 Å². The Balaban J connectivity index is 2.10. The van der Waals surface area contributed by atoms with E-state index in [1.54, 1.807) is 43.5 Å². The predicted octanol–water partition coefficient (Wildman–Crippen LogP) is 3.45. The molecule has 2 aromatic rings. The van der Waals surface area contributed by atoms with Crippen molar-refractivity contribution < 1.29 is 23.8 Å². The SMILES string of the molecule is CCCOc1ccc(CC(=O)Nc2ccccc2C(=O)OC)cc1OC. The molecule has 0 atom stereocenters. The monoisotopic (exact) mass is 357 g/mol. The first-order valence-electron chi connectivity index (χ1n) is 8.36. The summed E-state index contributed by atoms with van der Waals surface area (Å²) in [6, 6.07) is 12.1. The van der Waals surface area contributed by atoms with Crippen molar-refractivity contribution in [3.8, 4) is 11.5 Å². The summed E-state index contributed by atoms with van der Waals surface area (Å²) in [6.07, 6.45) is 1.03. The highest BCUT2D eigenvalue weighted by molar-refractivity contribution is 6.01. The standard InChI is InChI=1S/C20H23NO5/c1-4-11-26-17-10-9-14(12-18(17)24-2)13-19(22)21-16-8-6-5-7-15(16)20(23)25-3/h5-10,12H,4,11,13H2,1-3H3,(H,21,22). The van der Waals surface area contributed by atoms with Gasteiger partial charge in [-0.2, -0.15) is 0 Å². The summed E-state index contributed by atoms with van der Waals surface area (Å²) in [5, 5.41) is 2.75. The molecule has 0 fully saturated rings. The van der Waals surface area contributed by atoms with Crippen LogP contribution >= 0.6 is 0 Å². The quantitative estimate of drug-likeness (QED) is 0.733. The molecule has 6 heteroatoms. The minimum atomic E-state index is -0.500. The fourth-order valence-electron chi connectivity index (χ4n) is 2.41. The summed E-state index contributed by atoms with van der Waals surface area (Å²) >= 11 is 0. The maximum Gasteiger partial charge on any atom is 0.339 e. The largest absolute Gasteiger partial charge is 0.493 e. The second kappa shape index (κ2) is 9.46. The van der Waals surface area contributed by atoms with Crippen molar-refractivity contribution in [2.24, 2.45) is 0 Å². The molecule has 6 nitrogen and oxygen atoms in total. The number of methoxy groups -OCH3 is 2. The molecule has 0 unspecified atom stereocenters. The Bertz CT molecular complexity index is 773. The van der Waals surface area contributed by atoms with Crippen LogP contribution in [-0.4, -0.2) is 32.7 Å². The Morgan fingerprint density at radius 3 is 2.50 bits per heavy atom. The molecule has 1 N–H and O–H groups in total. The van der Waals surface area contributed by atoms with Gasteiger partial charge in [0.25, 0.3) is 0 Å². The maximum absolute atomic E-state index is 12.4. The van der Waals surface area contributed by atoms with Crippen molar-refractivity contribution in [2.45, 2.75) is 19.8 Å². The lowest BCUT2D eigenvalue weighted by atomic mass is 10.1. The first-order chi connectivity index (χ1) is 12.6. The minimum Gasteiger partial charge on any atom is -0.493 e. The third-order valence-electron chi connectivity index (χ3n) is 3.66. The summed E-state index contributed by atoms with van der Waals surface area (Å²) in [6.45, 7) is 2.62. The van der Waals surface area contributed by atoms with E-state index in [4.69, 9.17) is 14.2 Å². The van der Waals surface area contributed by atoms with Crippen LogP contribution in [0.1, 0.15) is 29.3 Å². The number of carbonyl (C=O) groups excluding carboxylic acids is 2. The Morgan fingerprint density at radius 2 is 1.81 bits per heavy atom. The molecule has 0 spiro atoms. The highest BCUT2D eigenvalue weighted by atomic mass is 16.5. The van der Waals surface area contributed by atoms with Crippen LogP contribution in [0, 0.1) is 0 Å². The average Bonchev–Trinajstić information content (AvgIpc) is 2.66. The van der Waals surface area contributed by atoms with Crippen molar-refractivity contribution in [2.75, 3.05) is 26.1 Å². The molecule has 0 aliphatic carbocycles. The topological polar surface area (TPSA) is 73.9 Å². The van der Waals surface area contributed by atoms with Crippen molar-refractivity contribution in [1.82, 2.24) is 0 Å². The van der Waals surface area contributed by atoms with E-state index in [1.165, 1.54) is 7.11 Å². The van der Waals surface area contributed by atoms with Crippen LogP contribution in [0.3, 0.4) is 0 Å². The summed E-state index contributed by atoms with van der Waals surface area (Å²) < 4.78 is 15.7. The Kier molecular flexibility index (Phi) is 7.02. The molecule has 2 aromatic carbocycles. The number of amides is 1. The lowest BCUT2D eigenvalue weighted by Gasteiger charge is -2.12. The first-order valence-corrected chi connectivity index (χ1v) is 8.36. The van der Waals surface area contributed by atoms with Gasteiger partial charge in [-0.05, 0) is 36.2 Å². The van der Waals surface area contributed by atoms with E-state index in [-0.39, 0.29) is 12.3 Å². The van der Waals surface area contributed by atoms with Gasteiger partial charge >= 0.3 is 5.97 Å². The zero-order chi connectivity index (χ0) is 18.9. The van der Waals surface area contributed by atoms with Crippen LogP contribution in [0.5, 0.6) is 11.5 Å². The summed E-state index contributed by atoms with van der Waals surface area (Å²) in [5.41, 5.74) is 1.50. The summed E-state index contributed by atoms with van der Waals surface area (Å²) in [4.78, 5) is 24.1.